The van der Waals surface area contributed by atoms with Crippen molar-refractivity contribution in [2.24, 2.45) is 0 Å². The zero-order chi connectivity index (χ0) is 51.4. The van der Waals surface area contributed by atoms with E-state index in [1.165, 1.54) is 77.0 Å². The molecule has 0 aliphatic rings. The van der Waals surface area contributed by atoms with Gasteiger partial charge in [-0.1, -0.05) is 239 Å². The van der Waals surface area contributed by atoms with Gasteiger partial charge in [0.25, 0.3) is 0 Å². The quantitative estimate of drug-likeness (QED) is 0.0261. The first-order valence-electron chi connectivity index (χ1n) is 29.0. The van der Waals surface area contributed by atoms with E-state index in [2.05, 4.69) is 142 Å². The Bertz CT molecular complexity index is 1500. The van der Waals surface area contributed by atoms with Crippen LogP contribution in [-0.2, 0) is 28.6 Å². The van der Waals surface area contributed by atoms with E-state index in [-0.39, 0.29) is 31.1 Å². The second-order valence-corrected chi connectivity index (χ2v) is 18.8. The van der Waals surface area contributed by atoms with E-state index in [4.69, 9.17) is 14.2 Å². The van der Waals surface area contributed by atoms with Crippen molar-refractivity contribution in [3.8, 4) is 0 Å². The van der Waals surface area contributed by atoms with E-state index in [9.17, 15) is 14.4 Å². The van der Waals surface area contributed by atoms with Crippen LogP contribution in [0.4, 0.5) is 0 Å². The fourth-order valence-electron chi connectivity index (χ4n) is 7.60. The predicted octanol–water partition coefficient (Wildman–Crippen LogP) is 19.6. The van der Waals surface area contributed by atoms with E-state index in [0.717, 1.165) is 135 Å². The summed E-state index contributed by atoms with van der Waals surface area (Å²) in [6, 6.07) is 0. The first kappa shape index (κ1) is 66.8. The Morgan fingerprint density at radius 1 is 0.296 bits per heavy atom. The van der Waals surface area contributed by atoms with Gasteiger partial charge in [0.05, 0.1) is 0 Å². The minimum absolute atomic E-state index is 0.0958. The summed E-state index contributed by atoms with van der Waals surface area (Å²) in [5.41, 5.74) is 0. The lowest BCUT2D eigenvalue weighted by molar-refractivity contribution is -0.167. The molecule has 0 fully saturated rings. The van der Waals surface area contributed by atoms with Crippen molar-refractivity contribution >= 4 is 17.9 Å². The molecule has 1 unspecified atom stereocenters. The maximum atomic E-state index is 12.8. The monoisotopic (exact) mass is 983 g/mol. The Morgan fingerprint density at radius 2 is 0.549 bits per heavy atom. The molecule has 0 bridgehead atoms. The van der Waals surface area contributed by atoms with Gasteiger partial charge in [0.1, 0.15) is 13.2 Å². The second-order valence-electron chi connectivity index (χ2n) is 18.8. The van der Waals surface area contributed by atoms with E-state index < -0.39 is 6.10 Å². The molecule has 0 rings (SSSR count). The number of carbonyl (C=O) groups is 3. The van der Waals surface area contributed by atoms with Crippen LogP contribution in [0.1, 0.15) is 252 Å². The zero-order valence-electron chi connectivity index (χ0n) is 45.9. The molecule has 0 spiro atoms. The third kappa shape index (κ3) is 56.6. The number of carbonyl (C=O) groups excluding carboxylic acids is 3. The molecular formula is C65H106O6. The highest BCUT2D eigenvalue weighted by Crippen LogP contribution is 2.14. The van der Waals surface area contributed by atoms with E-state index in [1.807, 2.05) is 0 Å². The fourth-order valence-corrected chi connectivity index (χ4v) is 7.60. The molecule has 1 atom stereocenters. The maximum Gasteiger partial charge on any atom is 0.306 e. The first-order valence-corrected chi connectivity index (χ1v) is 29.0. The number of hydrogen-bond donors (Lipinski definition) is 0. The van der Waals surface area contributed by atoms with Gasteiger partial charge in [-0.25, -0.2) is 0 Å². The second kappa shape index (κ2) is 58.4. The summed E-state index contributed by atoms with van der Waals surface area (Å²) in [5.74, 6) is -0.948. The number of esters is 3. The van der Waals surface area contributed by atoms with Crippen LogP contribution in [0.25, 0.3) is 0 Å². The van der Waals surface area contributed by atoms with Crippen LogP contribution in [0.5, 0.6) is 0 Å². The first-order chi connectivity index (χ1) is 35.0. The lowest BCUT2D eigenvalue weighted by Crippen LogP contribution is -2.30. The summed E-state index contributed by atoms with van der Waals surface area (Å²) in [6.45, 7) is 6.43. The lowest BCUT2D eigenvalue weighted by atomic mass is 10.1. The smallest absolute Gasteiger partial charge is 0.306 e. The van der Waals surface area contributed by atoms with Crippen LogP contribution in [0, 0.1) is 0 Å². The largest absolute Gasteiger partial charge is 0.462 e. The minimum atomic E-state index is -0.800. The van der Waals surface area contributed by atoms with Crippen molar-refractivity contribution in [1.82, 2.24) is 0 Å². The highest BCUT2D eigenvalue weighted by Gasteiger charge is 2.19. The average Bonchev–Trinajstić information content (AvgIpc) is 3.37. The summed E-state index contributed by atoms with van der Waals surface area (Å²) in [7, 11) is 0. The van der Waals surface area contributed by atoms with E-state index >= 15 is 0 Å². The van der Waals surface area contributed by atoms with Gasteiger partial charge in [0.15, 0.2) is 6.10 Å². The van der Waals surface area contributed by atoms with Crippen LogP contribution in [0.15, 0.2) is 122 Å². The molecule has 0 aliphatic carbocycles. The third-order valence-corrected chi connectivity index (χ3v) is 12.0. The zero-order valence-corrected chi connectivity index (χ0v) is 45.9. The van der Waals surface area contributed by atoms with Crippen LogP contribution in [0.2, 0.25) is 0 Å². The van der Waals surface area contributed by atoms with E-state index in [0.29, 0.717) is 19.3 Å². The summed E-state index contributed by atoms with van der Waals surface area (Å²) in [6.07, 6.45) is 80.5. The number of hydrogen-bond acceptors (Lipinski definition) is 6. The van der Waals surface area contributed by atoms with Gasteiger partial charge >= 0.3 is 17.9 Å². The number of rotatable bonds is 51. The van der Waals surface area contributed by atoms with Crippen molar-refractivity contribution in [2.75, 3.05) is 13.2 Å². The van der Waals surface area contributed by atoms with Gasteiger partial charge in [-0.2, -0.15) is 0 Å². The summed E-state index contributed by atoms with van der Waals surface area (Å²) < 4.78 is 16.8. The molecule has 0 N–H and O–H groups in total. The van der Waals surface area contributed by atoms with Gasteiger partial charge < -0.3 is 14.2 Å². The standard InChI is InChI=1S/C65H106O6/c1-4-7-10-13-16-19-21-23-25-27-29-30-31-32-33-34-36-37-39-41-43-46-49-52-55-58-64(67)70-61-62(60-69-63(66)57-54-51-48-45-18-15-12-9-6-3)71-65(68)59-56-53-50-47-44-42-40-38-35-28-26-24-22-20-17-14-11-8-5-2/h7,10,16-17,19-20,23-26,29-30,32-33,35-38,41,43,62H,4-6,8-9,11-15,18,21-22,27-28,31,34,39-40,42,44-61H2,1-3H3/b10-7-,19-16-,20-17-,25-23-,26-24-,30-29-,33-32-,37-36-,38-35-,43-41-. The van der Waals surface area contributed by atoms with Gasteiger partial charge in [-0.3, -0.25) is 14.4 Å². The molecule has 71 heavy (non-hydrogen) atoms. The molecule has 0 saturated carbocycles. The Hall–Kier alpha value is -4.19. The molecular weight excluding hydrogens is 877 g/mol. The van der Waals surface area contributed by atoms with E-state index in [1.54, 1.807) is 0 Å². The van der Waals surface area contributed by atoms with Gasteiger partial charge in [-0.05, 0) is 116 Å². The summed E-state index contributed by atoms with van der Waals surface area (Å²) >= 11 is 0. The van der Waals surface area contributed by atoms with Gasteiger partial charge in [0.2, 0.25) is 0 Å². The average molecular weight is 984 g/mol. The molecule has 0 radical (unpaired) electrons. The van der Waals surface area contributed by atoms with Crippen LogP contribution >= 0.6 is 0 Å². The molecule has 6 heteroatoms. The van der Waals surface area contributed by atoms with Gasteiger partial charge in [0, 0.05) is 19.3 Å². The predicted molar refractivity (Wildman–Crippen MR) is 306 cm³/mol. The minimum Gasteiger partial charge on any atom is -0.462 e. The van der Waals surface area contributed by atoms with Crippen molar-refractivity contribution in [3.05, 3.63) is 122 Å². The van der Waals surface area contributed by atoms with Gasteiger partial charge in [-0.15, -0.1) is 0 Å². The summed E-state index contributed by atoms with van der Waals surface area (Å²) in [5, 5.41) is 0. The number of ether oxygens (including phenoxy) is 3. The normalized spacial score (nSPS) is 13.0. The van der Waals surface area contributed by atoms with Crippen LogP contribution < -0.4 is 0 Å². The van der Waals surface area contributed by atoms with Crippen molar-refractivity contribution < 1.29 is 28.6 Å². The third-order valence-electron chi connectivity index (χ3n) is 12.0. The van der Waals surface area contributed by atoms with Crippen molar-refractivity contribution in [2.45, 2.75) is 258 Å². The SMILES string of the molecule is CC/C=C\C/C=C\C/C=C\C/C=C\C/C=C\C/C=C\C/C=C\CCCCCC(=O)OCC(COC(=O)CCCCCCCCCCC)OC(=O)CCCCCCCC/C=C\C/C=C\C/C=C\CCCCC. The topological polar surface area (TPSA) is 78.9 Å². The molecule has 0 heterocycles. The Morgan fingerprint density at radius 3 is 0.901 bits per heavy atom. The molecule has 0 aromatic heterocycles. The highest BCUT2D eigenvalue weighted by molar-refractivity contribution is 5.71. The number of allylic oxidation sites excluding steroid dienone is 20. The molecule has 0 saturated heterocycles. The molecule has 0 amide bonds. The molecule has 0 aromatic carbocycles. The summed E-state index contributed by atoms with van der Waals surface area (Å²) in [4.78, 5) is 38.1. The highest BCUT2D eigenvalue weighted by atomic mass is 16.6. The molecule has 0 aromatic rings. The van der Waals surface area contributed by atoms with Crippen LogP contribution in [0.3, 0.4) is 0 Å². The molecule has 0 aliphatic heterocycles. The fraction of sp³-hybridized carbons (Fsp3) is 0.646. The Labute approximate surface area is 437 Å². The number of unbranched alkanes of at least 4 members (excludes halogenated alkanes) is 20. The van der Waals surface area contributed by atoms with Crippen molar-refractivity contribution in [1.29, 1.82) is 0 Å². The van der Waals surface area contributed by atoms with Crippen molar-refractivity contribution in [3.63, 3.8) is 0 Å². The van der Waals surface area contributed by atoms with Crippen LogP contribution in [-0.4, -0.2) is 37.2 Å². The molecule has 402 valence electrons. The Kier molecular flexibility index (Phi) is 54.9. The maximum absolute atomic E-state index is 12.8. The Balaban J connectivity index is 4.39. The lowest BCUT2D eigenvalue weighted by Gasteiger charge is -2.18. The molecule has 6 nitrogen and oxygen atoms in total.